The van der Waals surface area contributed by atoms with E-state index in [1.54, 1.807) is 73.6 Å². The minimum absolute atomic E-state index is 0.430. The van der Waals surface area contributed by atoms with Gasteiger partial charge in [0.25, 0.3) is 0 Å². The highest BCUT2D eigenvalue weighted by atomic mass is 14.7. The van der Waals surface area contributed by atoms with Crippen molar-refractivity contribution in [2.45, 2.75) is 0 Å². The highest BCUT2D eigenvalue weighted by molar-refractivity contribution is 5.93. The Morgan fingerprint density at radius 3 is 1.44 bits per heavy atom. The van der Waals surface area contributed by atoms with Gasteiger partial charge in [0, 0.05) is 48.3 Å². The van der Waals surface area contributed by atoms with Crippen LogP contribution in [0.1, 0.15) is 33.4 Å². The lowest BCUT2D eigenvalue weighted by molar-refractivity contribution is 1.31. The lowest BCUT2D eigenvalue weighted by Gasteiger charge is -2.06. The zero-order valence-corrected chi connectivity index (χ0v) is 19.1. The van der Waals surface area contributed by atoms with Gasteiger partial charge in [0.1, 0.15) is 0 Å². The molecule has 0 unspecified atom stereocenters. The van der Waals surface area contributed by atoms with E-state index < -0.39 is 0 Å². The minimum atomic E-state index is 0.430. The molecule has 0 saturated heterocycles. The van der Waals surface area contributed by atoms with Crippen LogP contribution in [0, 0.1) is 29.2 Å². The molecular formula is C30H18N6. The van der Waals surface area contributed by atoms with Gasteiger partial charge in [0.05, 0.1) is 29.9 Å². The number of rotatable bonds is 6. The second-order valence-corrected chi connectivity index (χ2v) is 7.64. The van der Waals surface area contributed by atoms with Crippen molar-refractivity contribution in [3.63, 3.8) is 0 Å². The standard InChI is InChI=1S/C30H18N6/c1-33-30(27-7-4-10-36-21-27)16-24-12-22(14-28(17-31)25-5-2-8-34-19-25)11-23(13-24)15-29(18-32)26-6-3-9-35-20-26/h2-16,19-21H/b28-14+,29-15+,30-16-. The first-order chi connectivity index (χ1) is 17.7. The second kappa shape index (κ2) is 11.5. The predicted molar refractivity (Wildman–Crippen MR) is 141 cm³/mol. The summed E-state index contributed by atoms with van der Waals surface area (Å²) in [6, 6.07) is 20.9. The van der Waals surface area contributed by atoms with Gasteiger partial charge in [-0.25, -0.2) is 4.85 Å². The number of nitrogens with zero attached hydrogens (tertiary/aromatic N) is 6. The van der Waals surface area contributed by atoms with E-state index in [-0.39, 0.29) is 0 Å². The molecule has 0 radical (unpaired) electrons. The third-order valence-electron chi connectivity index (χ3n) is 5.19. The van der Waals surface area contributed by atoms with Crippen molar-refractivity contribution >= 4 is 35.1 Å². The highest BCUT2D eigenvalue weighted by Crippen LogP contribution is 2.25. The van der Waals surface area contributed by atoms with Crippen molar-refractivity contribution in [3.05, 3.63) is 137 Å². The SMILES string of the molecule is [C-]#[N+]/C(=C\c1cc(/C=C(\C#N)c2cccnc2)cc(/C=C(\C#N)c2cccnc2)c1)c1cccnc1. The fraction of sp³-hybridized carbons (Fsp3) is 0. The van der Waals surface area contributed by atoms with E-state index in [1.165, 1.54) is 0 Å². The van der Waals surface area contributed by atoms with Crippen molar-refractivity contribution < 1.29 is 0 Å². The van der Waals surface area contributed by atoms with Crippen LogP contribution in [0.4, 0.5) is 0 Å². The molecule has 0 aliphatic carbocycles. The molecule has 0 N–H and O–H groups in total. The van der Waals surface area contributed by atoms with Crippen molar-refractivity contribution in [1.29, 1.82) is 10.5 Å². The number of pyridine rings is 3. The van der Waals surface area contributed by atoms with Gasteiger partial charge in [0.2, 0.25) is 0 Å². The number of aromatic nitrogens is 3. The van der Waals surface area contributed by atoms with E-state index >= 15 is 0 Å². The van der Waals surface area contributed by atoms with Crippen LogP contribution in [0.2, 0.25) is 0 Å². The number of nitriles is 2. The van der Waals surface area contributed by atoms with E-state index in [9.17, 15) is 10.5 Å². The zero-order chi connectivity index (χ0) is 25.2. The summed E-state index contributed by atoms with van der Waals surface area (Å²) in [5.74, 6) is 0. The molecule has 4 rings (SSSR count). The van der Waals surface area contributed by atoms with Gasteiger partial charge in [-0.1, -0.05) is 18.2 Å². The topological polar surface area (TPSA) is 90.6 Å². The van der Waals surface area contributed by atoms with Crippen molar-refractivity contribution in [1.82, 2.24) is 15.0 Å². The van der Waals surface area contributed by atoms with Gasteiger partial charge in [-0.3, -0.25) is 15.0 Å². The summed E-state index contributed by atoms with van der Waals surface area (Å²) in [6.45, 7) is 7.67. The zero-order valence-electron chi connectivity index (χ0n) is 19.1. The quantitative estimate of drug-likeness (QED) is 0.244. The largest absolute Gasteiger partial charge is 0.265 e. The lowest BCUT2D eigenvalue weighted by Crippen LogP contribution is -1.88. The molecule has 6 nitrogen and oxygen atoms in total. The molecule has 0 bridgehead atoms. The Bertz CT molecular complexity index is 1370. The van der Waals surface area contributed by atoms with Crippen molar-refractivity contribution in [2.24, 2.45) is 0 Å². The molecule has 0 aliphatic rings. The average molecular weight is 463 g/mol. The number of hydrogen-bond acceptors (Lipinski definition) is 5. The fourth-order valence-corrected chi connectivity index (χ4v) is 3.54. The van der Waals surface area contributed by atoms with Gasteiger partial charge in [-0.05, 0) is 76.9 Å². The average Bonchev–Trinajstić information content (AvgIpc) is 2.94. The summed E-state index contributed by atoms with van der Waals surface area (Å²) < 4.78 is 0. The molecule has 0 saturated carbocycles. The van der Waals surface area contributed by atoms with Gasteiger partial charge in [-0.2, -0.15) is 10.5 Å². The van der Waals surface area contributed by atoms with Gasteiger partial charge >= 0.3 is 0 Å². The van der Waals surface area contributed by atoms with Crippen LogP contribution in [-0.4, -0.2) is 15.0 Å². The van der Waals surface area contributed by atoms with Gasteiger partial charge in [0.15, 0.2) is 5.70 Å². The summed E-state index contributed by atoms with van der Waals surface area (Å²) in [7, 11) is 0. The molecule has 36 heavy (non-hydrogen) atoms. The molecule has 0 spiro atoms. The normalized spacial score (nSPS) is 11.8. The maximum atomic E-state index is 9.78. The van der Waals surface area contributed by atoms with E-state index in [0.717, 1.165) is 16.7 Å². The third-order valence-corrected chi connectivity index (χ3v) is 5.19. The first kappa shape index (κ1) is 23.5. The fourth-order valence-electron chi connectivity index (χ4n) is 3.54. The molecule has 0 fully saturated rings. The third kappa shape index (κ3) is 5.83. The summed E-state index contributed by atoms with van der Waals surface area (Å²) in [6.07, 6.45) is 15.2. The van der Waals surface area contributed by atoms with Crippen molar-refractivity contribution in [2.75, 3.05) is 0 Å². The van der Waals surface area contributed by atoms with Crippen molar-refractivity contribution in [3.8, 4) is 12.1 Å². The monoisotopic (exact) mass is 462 g/mol. The Balaban J connectivity index is 1.87. The first-order valence-corrected chi connectivity index (χ1v) is 10.9. The molecular weight excluding hydrogens is 444 g/mol. The highest BCUT2D eigenvalue weighted by Gasteiger charge is 2.07. The van der Waals surface area contributed by atoms with Crippen LogP contribution < -0.4 is 0 Å². The van der Waals surface area contributed by atoms with E-state index in [4.69, 9.17) is 6.57 Å². The second-order valence-electron chi connectivity index (χ2n) is 7.64. The predicted octanol–water partition coefficient (Wildman–Crippen LogP) is 6.42. The Kier molecular flexibility index (Phi) is 7.50. The Labute approximate surface area is 209 Å². The minimum Gasteiger partial charge on any atom is -0.265 e. The first-order valence-electron chi connectivity index (χ1n) is 10.9. The summed E-state index contributed by atoms with van der Waals surface area (Å²) in [4.78, 5) is 16.0. The molecule has 0 atom stereocenters. The molecule has 4 aromatic rings. The summed E-state index contributed by atoms with van der Waals surface area (Å²) in [5, 5.41) is 19.6. The molecule has 3 heterocycles. The Morgan fingerprint density at radius 2 is 1.08 bits per heavy atom. The van der Waals surface area contributed by atoms with E-state index in [0.29, 0.717) is 33.5 Å². The smallest absolute Gasteiger partial charge is 0.196 e. The lowest BCUT2D eigenvalue weighted by atomic mass is 9.98. The molecule has 3 aromatic heterocycles. The Morgan fingerprint density at radius 1 is 0.667 bits per heavy atom. The van der Waals surface area contributed by atoms with E-state index in [1.807, 2.05) is 36.4 Å². The maximum Gasteiger partial charge on any atom is 0.196 e. The van der Waals surface area contributed by atoms with E-state index in [2.05, 4.69) is 31.9 Å². The summed E-state index contributed by atoms with van der Waals surface area (Å²) in [5.41, 5.74) is 5.66. The molecule has 1 aromatic carbocycles. The molecule has 6 heteroatoms. The Hall–Kier alpha value is -5.64. The molecule has 0 amide bonds. The van der Waals surface area contributed by atoms with Crippen LogP contribution >= 0.6 is 0 Å². The number of hydrogen-bond donors (Lipinski definition) is 0. The summed E-state index contributed by atoms with van der Waals surface area (Å²) >= 11 is 0. The van der Waals surface area contributed by atoms with Gasteiger partial charge in [-0.15, -0.1) is 0 Å². The molecule has 0 aliphatic heterocycles. The van der Waals surface area contributed by atoms with Crippen LogP contribution in [0.15, 0.2) is 91.8 Å². The number of benzene rings is 1. The van der Waals surface area contributed by atoms with Gasteiger partial charge < -0.3 is 0 Å². The maximum absolute atomic E-state index is 9.78. The van der Waals surface area contributed by atoms with Crippen LogP contribution in [0.25, 0.3) is 39.9 Å². The van der Waals surface area contributed by atoms with Crippen LogP contribution in [-0.2, 0) is 0 Å². The van der Waals surface area contributed by atoms with Crippen LogP contribution in [0.3, 0.4) is 0 Å². The number of allylic oxidation sites excluding steroid dienone is 2. The molecule has 168 valence electrons. The van der Waals surface area contributed by atoms with Crippen LogP contribution in [0.5, 0.6) is 0 Å².